The van der Waals surface area contributed by atoms with Gasteiger partial charge < -0.3 is 5.11 Å². The molecule has 0 aliphatic heterocycles. The number of carbonyl (C=O) groups is 1. The quantitative estimate of drug-likeness (QED) is 0.812. The molecule has 0 aromatic heterocycles. The highest BCUT2D eigenvalue weighted by molar-refractivity contribution is 9.10. The summed E-state index contributed by atoms with van der Waals surface area (Å²) in [6, 6.07) is 13.8. The molecule has 0 radical (unpaired) electrons. The fourth-order valence-corrected chi connectivity index (χ4v) is 3.96. The van der Waals surface area contributed by atoms with Gasteiger partial charge in [0.1, 0.15) is 6.04 Å². The summed E-state index contributed by atoms with van der Waals surface area (Å²) < 4.78 is 26.9. The van der Waals surface area contributed by atoms with Gasteiger partial charge in [-0.25, -0.2) is 8.42 Å². The van der Waals surface area contributed by atoms with Crippen LogP contribution in [0.25, 0.3) is 0 Å². The van der Waals surface area contributed by atoms with Gasteiger partial charge in [-0.05, 0) is 36.2 Å². The van der Waals surface area contributed by atoms with E-state index in [-0.39, 0.29) is 11.3 Å². The molecule has 0 saturated carbocycles. The minimum absolute atomic E-state index is 0.0722. The van der Waals surface area contributed by atoms with E-state index in [0.29, 0.717) is 0 Å². The van der Waals surface area contributed by atoms with Crippen molar-refractivity contribution >= 4 is 31.9 Å². The Morgan fingerprint density at radius 1 is 1.17 bits per heavy atom. The summed E-state index contributed by atoms with van der Waals surface area (Å²) in [5, 5.41) is 9.47. The second-order valence-electron chi connectivity index (χ2n) is 5.02. The maximum absolute atomic E-state index is 12.6. The second kappa shape index (κ2) is 7.25. The lowest BCUT2D eigenvalue weighted by Gasteiger charge is -2.24. The van der Waals surface area contributed by atoms with Gasteiger partial charge in [0.05, 0.1) is 4.90 Å². The van der Waals surface area contributed by atoms with Crippen LogP contribution in [0.15, 0.2) is 64.0 Å². The summed E-state index contributed by atoms with van der Waals surface area (Å²) in [6.07, 6.45) is 0.0807. The number of hydrogen-bond acceptors (Lipinski definition) is 3. The molecule has 2 aromatic rings. The number of aliphatic carboxylic acids is 1. The summed E-state index contributed by atoms with van der Waals surface area (Å²) in [7, 11) is -2.58. The first-order valence-corrected chi connectivity index (χ1v) is 9.06. The molecule has 0 aliphatic carbocycles. The summed E-state index contributed by atoms with van der Waals surface area (Å²) in [4.78, 5) is 11.7. The Balaban J connectivity index is 2.32. The molecular weight excluding hydrogens is 382 g/mol. The van der Waals surface area contributed by atoms with Crippen molar-refractivity contribution < 1.29 is 18.3 Å². The van der Waals surface area contributed by atoms with Crippen LogP contribution in [-0.2, 0) is 21.2 Å². The molecule has 0 unspecified atom stereocenters. The van der Waals surface area contributed by atoms with Crippen molar-refractivity contribution in [2.24, 2.45) is 0 Å². The maximum atomic E-state index is 12.6. The molecule has 0 fully saturated rings. The predicted octanol–water partition coefficient (Wildman–Crippen LogP) is 2.77. The van der Waals surface area contributed by atoms with Crippen molar-refractivity contribution in [2.45, 2.75) is 17.4 Å². The highest BCUT2D eigenvalue weighted by Crippen LogP contribution is 2.20. The standard InChI is InChI=1S/C16H16BrNO4S/c1-18(23(21,22)14-8-3-2-4-9-14)15(16(19)20)11-12-6-5-7-13(17)10-12/h2-10,15H,11H2,1H3,(H,19,20)/t15-/m0/s1. The number of carboxylic acid groups (broad SMARTS) is 1. The largest absolute Gasteiger partial charge is 0.480 e. The molecule has 23 heavy (non-hydrogen) atoms. The average Bonchev–Trinajstić information content (AvgIpc) is 2.52. The molecule has 122 valence electrons. The molecule has 0 amide bonds. The molecular formula is C16H16BrNO4S. The maximum Gasteiger partial charge on any atom is 0.322 e. The first-order valence-electron chi connectivity index (χ1n) is 6.82. The molecule has 0 aliphatic rings. The van der Waals surface area contributed by atoms with Crippen molar-refractivity contribution in [2.75, 3.05) is 7.05 Å². The van der Waals surface area contributed by atoms with E-state index in [4.69, 9.17) is 0 Å². The van der Waals surface area contributed by atoms with Crippen LogP contribution in [0.5, 0.6) is 0 Å². The molecule has 0 spiro atoms. The molecule has 1 N–H and O–H groups in total. The normalized spacial score (nSPS) is 13.0. The predicted molar refractivity (Wildman–Crippen MR) is 90.7 cm³/mol. The Labute approximate surface area is 143 Å². The van der Waals surface area contributed by atoms with Gasteiger partial charge in [-0.15, -0.1) is 0 Å². The van der Waals surface area contributed by atoms with Gasteiger partial charge in [-0.1, -0.05) is 46.3 Å². The molecule has 1 atom stereocenters. The monoisotopic (exact) mass is 397 g/mol. The van der Waals surface area contributed by atoms with Crippen molar-refractivity contribution in [3.63, 3.8) is 0 Å². The second-order valence-corrected chi connectivity index (χ2v) is 7.94. The zero-order valence-corrected chi connectivity index (χ0v) is 14.8. The van der Waals surface area contributed by atoms with E-state index in [1.165, 1.54) is 19.2 Å². The van der Waals surface area contributed by atoms with Crippen molar-refractivity contribution in [1.82, 2.24) is 4.31 Å². The van der Waals surface area contributed by atoms with Gasteiger partial charge in [0, 0.05) is 11.5 Å². The first kappa shape index (κ1) is 17.7. The Morgan fingerprint density at radius 3 is 2.39 bits per heavy atom. The number of likely N-dealkylation sites (N-methyl/N-ethyl adjacent to an activating group) is 1. The average molecular weight is 398 g/mol. The number of hydrogen-bond donors (Lipinski definition) is 1. The van der Waals surface area contributed by atoms with Crippen LogP contribution in [0.3, 0.4) is 0 Å². The number of carboxylic acids is 1. The van der Waals surface area contributed by atoms with Gasteiger partial charge >= 0.3 is 5.97 Å². The van der Waals surface area contributed by atoms with Gasteiger partial charge in [0.25, 0.3) is 0 Å². The van der Waals surface area contributed by atoms with E-state index in [0.717, 1.165) is 14.3 Å². The SMILES string of the molecule is CN([C@@H](Cc1cccc(Br)c1)C(=O)O)S(=O)(=O)c1ccccc1. The highest BCUT2D eigenvalue weighted by atomic mass is 79.9. The molecule has 0 heterocycles. The third-order valence-corrected chi connectivity index (χ3v) is 5.84. The van der Waals surface area contributed by atoms with E-state index < -0.39 is 22.0 Å². The van der Waals surface area contributed by atoms with Crippen LogP contribution >= 0.6 is 15.9 Å². The summed E-state index contributed by atoms with van der Waals surface area (Å²) in [5.74, 6) is -1.19. The van der Waals surface area contributed by atoms with E-state index in [9.17, 15) is 18.3 Å². The third-order valence-electron chi connectivity index (χ3n) is 3.46. The molecule has 2 aromatic carbocycles. The van der Waals surface area contributed by atoms with Crippen molar-refractivity contribution in [3.8, 4) is 0 Å². The molecule has 2 rings (SSSR count). The van der Waals surface area contributed by atoms with Gasteiger partial charge in [-0.2, -0.15) is 4.31 Å². The van der Waals surface area contributed by atoms with Crippen LogP contribution in [0.2, 0.25) is 0 Å². The first-order chi connectivity index (χ1) is 10.8. The molecule has 0 saturated heterocycles. The Hall–Kier alpha value is -1.70. The van der Waals surface area contributed by atoms with E-state index >= 15 is 0 Å². The lowest BCUT2D eigenvalue weighted by Crippen LogP contribution is -2.43. The molecule has 0 bridgehead atoms. The molecule has 7 heteroatoms. The summed E-state index contributed by atoms with van der Waals surface area (Å²) in [6.45, 7) is 0. The lowest BCUT2D eigenvalue weighted by molar-refractivity contribution is -0.141. The van der Waals surface area contributed by atoms with Crippen LogP contribution in [0.1, 0.15) is 5.56 Å². The summed E-state index contributed by atoms with van der Waals surface area (Å²) in [5.41, 5.74) is 0.738. The van der Waals surface area contributed by atoms with E-state index in [1.807, 2.05) is 6.07 Å². The number of rotatable bonds is 6. The van der Waals surface area contributed by atoms with Crippen molar-refractivity contribution in [3.05, 3.63) is 64.6 Å². The van der Waals surface area contributed by atoms with E-state index in [1.54, 1.807) is 36.4 Å². The Kier molecular flexibility index (Phi) is 5.56. The number of benzene rings is 2. The highest BCUT2D eigenvalue weighted by Gasteiger charge is 2.32. The van der Waals surface area contributed by atoms with Crippen LogP contribution in [0.4, 0.5) is 0 Å². The minimum Gasteiger partial charge on any atom is -0.480 e. The molecule has 5 nitrogen and oxygen atoms in total. The van der Waals surface area contributed by atoms with E-state index in [2.05, 4.69) is 15.9 Å². The van der Waals surface area contributed by atoms with Gasteiger partial charge in [0.15, 0.2) is 0 Å². The minimum atomic E-state index is -3.87. The van der Waals surface area contributed by atoms with Crippen LogP contribution in [-0.4, -0.2) is 36.9 Å². The van der Waals surface area contributed by atoms with Crippen molar-refractivity contribution in [1.29, 1.82) is 0 Å². The third kappa shape index (κ3) is 4.19. The smallest absolute Gasteiger partial charge is 0.322 e. The topological polar surface area (TPSA) is 74.7 Å². The summed E-state index contributed by atoms with van der Waals surface area (Å²) >= 11 is 3.32. The lowest BCUT2D eigenvalue weighted by atomic mass is 10.1. The van der Waals surface area contributed by atoms with Crippen LogP contribution in [0, 0.1) is 0 Å². The fourth-order valence-electron chi connectivity index (χ4n) is 2.18. The number of nitrogens with zero attached hydrogens (tertiary/aromatic N) is 1. The van der Waals surface area contributed by atoms with Gasteiger partial charge in [-0.3, -0.25) is 4.79 Å². The van der Waals surface area contributed by atoms with Gasteiger partial charge in [0.2, 0.25) is 10.0 Å². The van der Waals surface area contributed by atoms with Crippen LogP contribution < -0.4 is 0 Å². The number of halogens is 1. The zero-order valence-electron chi connectivity index (χ0n) is 12.4. The zero-order chi connectivity index (χ0) is 17.0. The fraction of sp³-hybridized carbons (Fsp3) is 0.188. The Morgan fingerprint density at radius 2 is 1.83 bits per heavy atom. The Bertz CT molecular complexity index is 793. The number of sulfonamides is 1.